The summed E-state index contributed by atoms with van der Waals surface area (Å²) in [4.78, 5) is 14.1. The molecule has 2 N–H and O–H groups in total. The molecule has 4 rings (SSSR count). The Labute approximate surface area is 194 Å². The van der Waals surface area contributed by atoms with Gasteiger partial charge >= 0.3 is 0 Å². The molecule has 1 heterocycles. The molecule has 1 aromatic rings. The van der Waals surface area contributed by atoms with E-state index in [9.17, 15) is 18.7 Å². The van der Waals surface area contributed by atoms with Crippen molar-refractivity contribution in [3.8, 4) is 5.75 Å². The second kappa shape index (κ2) is 10.2. The van der Waals surface area contributed by atoms with Crippen molar-refractivity contribution >= 4 is 5.91 Å². The zero-order chi connectivity index (χ0) is 23.7. The number of piperidine rings is 1. The number of amides is 1. The minimum atomic E-state index is -0.883. The molecule has 184 valence electrons. The Balaban J connectivity index is 1.22. The number of benzene rings is 1. The second-order valence-electron chi connectivity index (χ2n) is 10.1. The smallest absolute Gasteiger partial charge is 0.257 e. The van der Waals surface area contributed by atoms with Gasteiger partial charge < -0.3 is 19.9 Å². The van der Waals surface area contributed by atoms with Gasteiger partial charge in [-0.2, -0.15) is 0 Å². The minimum Gasteiger partial charge on any atom is -0.493 e. The highest BCUT2D eigenvalue weighted by Crippen LogP contribution is 2.50. The zero-order valence-electron chi connectivity index (χ0n) is 19.8. The zero-order valence-corrected chi connectivity index (χ0v) is 19.8. The van der Waals surface area contributed by atoms with Gasteiger partial charge in [0.1, 0.15) is 22.9 Å². The van der Waals surface area contributed by atoms with Crippen molar-refractivity contribution < 1.29 is 28.2 Å². The molecule has 1 amide bonds. The first kappa shape index (κ1) is 24.4. The van der Waals surface area contributed by atoms with Crippen LogP contribution in [0.5, 0.6) is 5.75 Å². The lowest BCUT2D eigenvalue weighted by atomic mass is 9.90. The highest BCUT2D eigenvalue weighted by molar-refractivity contribution is 5.95. The molecular weight excluding hydrogens is 430 g/mol. The number of rotatable bonds is 10. The molecule has 2 saturated carbocycles. The molecule has 3 atom stereocenters. The summed E-state index contributed by atoms with van der Waals surface area (Å²) in [7, 11) is 0. The average molecular weight is 467 g/mol. The molecule has 2 aliphatic carbocycles. The van der Waals surface area contributed by atoms with Crippen molar-refractivity contribution in [3.63, 3.8) is 0 Å². The first-order chi connectivity index (χ1) is 15.7. The van der Waals surface area contributed by atoms with Gasteiger partial charge in [0, 0.05) is 30.8 Å². The molecule has 0 radical (unpaired) electrons. The summed E-state index contributed by atoms with van der Waals surface area (Å²) in [5.41, 5.74) is -0.358. The van der Waals surface area contributed by atoms with Crippen LogP contribution in [-0.4, -0.2) is 54.2 Å². The second-order valence-corrected chi connectivity index (χ2v) is 10.1. The van der Waals surface area contributed by atoms with Crippen molar-refractivity contribution in [1.29, 1.82) is 0 Å². The van der Waals surface area contributed by atoms with Crippen molar-refractivity contribution in [2.24, 2.45) is 17.8 Å². The summed E-state index contributed by atoms with van der Waals surface area (Å²) in [5.74, 6) is -0.402. The lowest BCUT2D eigenvalue weighted by Crippen LogP contribution is -2.44. The maximum absolute atomic E-state index is 14.7. The van der Waals surface area contributed by atoms with Crippen molar-refractivity contribution in [3.05, 3.63) is 28.8 Å². The first-order valence-electron chi connectivity index (χ1n) is 12.2. The number of aliphatic hydroxyl groups is 1. The number of aliphatic hydroxyl groups excluding tert-OH is 1. The largest absolute Gasteiger partial charge is 0.493 e. The summed E-state index contributed by atoms with van der Waals surface area (Å²) in [6, 6.07) is 1.16. The van der Waals surface area contributed by atoms with E-state index < -0.39 is 29.5 Å². The van der Waals surface area contributed by atoms with Gasteiger partial charge in [-0.1, -0.05) is 0 Å². The average Bonchev–Trinajstić information content (AvgIpc) is 3.68. The molecule has 1 aliphatic heterocycles. The molecule has 0 spiro atoms. The Hall–Kier alpha value is -1.77. The Kier molecular flexibility index (Phi) is 7.56. The van der Waals surface area contributed by atoms with E-state index in [0.29, 0.717) is 24.4 Å². The molecule has 1 saturated heterocycles. The Bertz CT molecular complexity index is 853. The molecule has 0 bridgehead atoms. The van der Waals surface area contributed by atoms with Crippen LogP contribution in [0.1, 0.15) is 68.3 Å². The van der Waals surface area contributed by atoms with Crippen LogP contribution in [0.3, 0.4) is 0 Å². The maximum Gasteiger partial charge on any atom is 0.257 e. The molecule has 8 heteroatoms. The van der Waals surface area contributed by atoms with E-state index in [0.717, 1.165) is 57.7 Å². The SMILES string of the molecule is Cc1c(OCCC2CC2C2CCN(C(O)OC(C)C)CC2)cc(F)c(C(=O)NC2CC2)c1F. The van der Waals surface area contributed by atoms with Gasteiger partial charge in [-0.05, 0) is 77.0 Å². The van der Waals surface area contributed by atoms with Crippen LogP contribution in [0.15, 0.2) is 6.07 Å². The van der Waals surface area contributed by atoms with E-state index in [1.54, 1.807) is 0 Å². The summed E-state index contributed by atoms with van der Waals surface area (Å²) in [6.45, 7) is 7.40. The Morgan fingerprint density at radius 1 is 1.24 bits per heavy atom. The molecule has 3 fully saturated rings. The highest BCUT2D eigenvalue weighted by atomic mass is 19.1. The van der Waals surface area contributed by atoms with Crippen LogP contribution in [0.2, 0.25) is 0 Å². The van der Waals surface area contributed by atoms with E-state index in [2.05, 4.69) is 5.32 Å². The number of halogens is 2. The van der Waals surface area contributed by atoms with Crippen molar-refractivity contribution in [2.75, 3.05) is 19.7 Å². The van der Waals surface area contributed by atoms with Crippen LogP contribution in [0.25, 0.3) is 0 Å². The molecular formula is C25H36F2N2O4. The third-order valence-electron chi connectivity index (χ3n) is 7.16. The minimum absolute atomic E-state index is 0.00720. The molecule has 6 nitrogen and oxygen atoms in total. The number of likely N-dealkylation sites (tertiary alicyclic amines) is 1. The van der Waals surface area contributed by atoms with Crippen LogP contribution < -0.4 is 10.1 Å². The van der Waals surface area contributed by atoms with Crippen molar-refractivity contribution in [1.82, 2.24) is 10.2 Å². The normalized spacial score (nSPS) is 24.7. The summed E-state index contributed by atoms with van der Waals surface area (Å²) in [6.07, 6.45) is 4.95. The Morgan fingerprint density at radius 3 is 2.58 bits per heavy atom. The molecule has 33 heavy (non-hydrogen) atoms. The van der Waals surface area contributed by atoms with Crippen LogP contribution in [-0.2, 0) is 4.74 Å². The number of carbonyl (C=O) groups excluding carboxylic acids is 1. The molecule has 1 aromatic carbocycles. The fourth-order valence-electron chi connectivity index (χ4n) is 4.94. The van der Waals surface area contributed by atoms with Gasteiger partial charge in [0.05, 0.1) is 12.7 Å². The lowest BCUT2D eigenvalue weighted by Gasteiger charge is -2.35. The molecule has 3 unspecified atom stereocenters. The predicted molar refractivity (Wildman–Crippen MR) is 120 cm³/mol. The number of hydrogen-bond donors (Lipinski definition) is 2. The molecule has 3 aliphatic rings. The van der Waals surface area contributed by atoms with E-state index >= 15 is 0 Å². The topological polar surface area (TPSA) is 71.0 Å². The number of hydrogen-bond acceptors (Lipinski definition) is 5. The fraction of sp³-hybridized carbons (Fsp3) is 0.720. The van der Waals surface area contributed by atoms with Crippen LogP contribution in [0, 0.1) is 36.3 Å². The maximum atomic E-state index is 14.7. The van der Waals surface area contributed by atoms with Gasteiger partial charge in [0.15, 0.2) is 0 Å². The van der Waals surface area contributed by atoms with E-state index in [-0.39, 0.29) is 23.5 Å². The van der Waals surface area contributed by atoms with Gasteiger partial charge in [0.25, 0.3) is 5.91 Å². The van der Waals surface area contributed by atoms with Crippen LogP contribution in [0.4, 0.5) is 8.78 Å². The predicted octanol–water partition coefficient (Wildman–Crippen LogP) is 3.98. The lowest BCUT2D eigenvalue weighted by molar-refractivity contribution is -0.217. The van der Waals surface area contributed by atoms with Gasteiger partial charge in [-0.15, -0.1) is 0 Å². The van der Waals surface area contributed by atoms with Gasteiger partial charge in [-0.3, -0.25) is 9.69 Å². The van der Waals surface area contributed by atoms with Crippen LogP contribution >= 0.6 is 0 Å². The fourth-order valence-corrected chi connectivity index (χ4v) is 4.94. The molecule has 0 aromatic heterocycles. The number of carbonyl (C=O) groups is 1. The van der Waals surface area contributed by atoms with Gasteiger partial charge in [-0.25, -0.2) is 8.78 Å². The number of ether oxygens (including phenoxy) is 2. The monoisotopic (exact) mass is 466 g/mol. The van der Waals surface area contributed by atoms with Gasteiger partial charge in [0.2, 0.25) is 6.41 Å². The van der Waals surface area contributed by atoms with E-state index in [1.165, 1.54) is 6.92 Å². The number of nitrogens with one attached hydrogen (secondary N) is 1. The van der Waals surface area contributed by atoms with E-state index in [4.69, 9.17) is 9.47 Å². The highest BCUT2D eigenvalue weighted by Gasteiger charge is 2.43. The standard InChI is InChI=1S/C25H36F2N2O4/c1-14(2)33-25(31)29-9-6-16(7-10-29)19-12-17(19)8-11-32-21-13-20(26)22(23(27)15(21)3)24(30)28-18-4-5-18/h13-14,16-19,25,31H,4-12H2,1-3H3,(H,28,30). The van der Waals surface area contributed by atoms with Crippen molar-refractivity contribution in [2.45, 2.75) is 77.9 Å². The first-order valence-corrected chi connectivity index (χ1v) is 12.2. The van der Waals surface area contributed by atoms with E-state index in [1.807, 2.05) is 18.7 Å². The third-order valence-corrected chi connectivity index (χ3v) is 7.16. The summed E-state index contributed by atoms with van der Waals surface area (Å²) in [5, 5.41) is 12.8. The Morgan fingerprint density at radius 2 is 1.94 bits per heavy atom. The number of nitrogens with zero attached hydrogens (tertiary/aromatic N) is 1. The summed E-state index contributed by atoms with van der Waals surface area (Å²) < 4.78 is 40.4. The quantitative estimate of drug-likeness (QED) is 0.511. The summed E-state index contributed by atoms with van der Waals surface area (Å²) >= 11 is 0. The third kappa shape index (κ3) is 6.03.